The molecule has 1 aromatic carbocycles. The van der Waals surface area contributed by atoms with E-state index in [1.165, 1.54) is 27.9 Å². The van der Waals surface area contributed by atoms with Crippen molar-refractivity contribution in [3.8, 4) is 5.69 Å². The number of sulfone groups is 1. The number of aliphatic carboxylic acids is 1. The molecule has 1 aliphatic rings. The molecular formula is C21H18ClF3N4O4S. The Morgan fingerprint density at radius 3 is 2.56 bits per heavy atom. The van der Waals surface area contributed by atoms with Crippen LogP contribution in [0.5, 0.6) is 0 Å². The first-order chi connectivity index (χ1) is 15.9. The van der Waals surface area contributed by atoms with E-state index >= 15 is 0 Å². The third-order valence-corrected chi connectivity index (χ3v) is 7.94. The maximum absolute atomic E-state index is 13.5. The molecule has 2 unspecified atom stereocenters. The molecule has 0 amide bonds. The maximum Gasteiger partial charge on any atom is 0.417 e. The van der Waals surface area contributed by atoms with E-state index in [0.29, 0.717) is 17.4 Å². The number of hydrogen-bond acceptors (Lipinski definition) is 6. The molecule has 180 valence electrons. The predicted molar refractivity (Wildman–Crippen MR) is 117 cm³/mol. The fourth-order valence-corrected chi connectivity index (χ4v) is 6.12. The molecular weight excluding hydrogens is 497 g/mol. The summed E-state index contributed by atoms with van der Waals surface area (Å²) in [5.74, 6) is -1.03. The number of aryl methyl sites for hydroxylation is 1. The maximum atomic E-state index is 13.5. The van der Waals surface area contributed by atoms with Gasteiger partial charge in [-0.1, -0.05) is 23.7 Å². The number of aromatic nitrogens is 3. The summed E-state index contributed by atoms with van der Waals surface area (Å²) in [6, 6.07) is 7.25. The number of alkyl halides is 3. The molecule has 4 rings (SSSR count). The smallest absolute Gasteiger partial charge is 0.417 e. The van der Waals surface area contributed by atoms with Gasteiger partial charge in [0.05, 0.1) is 27.1 Å². The van der Waals surface area contributed by atoms with Gasteiger partial charge in [-0.3, -0.25) is 0 Å². The number of benzene rings is 1. The van der Waals surface area contributed by atoms with E-state index in [9.17, 15) is 31.5 Å². The predicted octanol–water partition coefficient (Wildman–Crippen LogP) is 3.75. The van der Waals surface area contributed by atoms with E-state index in [2.05, 4.69) is 10.1 Å². The van der Waals surface area contributed by atoms with Crippen LogP contribution >= 0.6 is 11.6 Å². The lowest BCUT2D eigenvalue weighted by molar-refractivity contribution is -0.140. The van der Waals surface area contributed by atoms with Gasteiger partial charge in [-0.25, -0.2) is 22.9 Å². The second-order valence-electron chi connectivity index (χ2n) is 7.80. The minimum absolute atomic E-state index is 0.164. The van der Waals surface area contributed by atoms with Crippen molar-refractivity contribution in [1.82, 2.24) is 14.8 Å². The highest BCUT2D eigenvalue weighted by molar-refractivity contribution is 7.92. The summed E-state index contributed by atoms with van der Waals surface area (Å²) in [7, 11) is -4.52. The highest BCUT2D eigenvalue weighted by Gasteiger charge is 2.47. The van der Waals surface area contributed by atoms with E-state index in [1.807, 2.05) is 0 Å². The van der Waals surface area contributed by atoms with Gasteiger partial charge < -0.3 is 10.0 Å². The summed E-state index contributed by atoms with van der Waals surface area (Å²) < 4.78 is 68.4. The summed E-state index contributed by atoms with van der Waals surface area (Å²) >= 11 is 5.96. The molecule has 3 aromatic rings. The summed E-state index contributed by atoms with van der Waals surface area (Å²) in [6.07, 6.45) is -3.85. The topological polar surface area (TPSA) is 105 Å². The van der Waals surface area contributed by atoms with Crippen LogP contribution < -0.4 is 4.90 Å². The molecule has 1 saturated heterocycles. The third kappa shape index (κ3) is 4.34. The SMILES string of the molecule is Cc1cc(N2CC(S(=O)(=O)c3ccccc3C(F)(F)F)CC2C(=O)O)n(-c2ccnc(Cl)c2)n1. The quantitative estimate of drug-likeness (QED) is 0.517. The summed E-state index contributed by atoms with van der Waals surface area (Å²) in [5.41, 5.74) is -0.311. The Bertz CT molecular complexity index is 1360. The van der Waals surface area contributed by atoms with E-state index in [0.717, 1.165) is 12.1 Å². The van der Waals surface area contributed by atoms with Crippen LogP contribution in [0.4, 0.5) is 19.0 Å². The molecule has 13 heteroatoms. The molecule has 2 atom stereocenters. The number of rotatable bonds is 5. The molecule has 3 heterocycles. The molecule has 2 aromatic heterocycles. The Labute approximate surface area is 197 Å². The largest absolute Gasteiger partial charge is 0.480 e. The van der Waals surface area contributed by atoms with E-state index in [1.54, 1.807) is 19.1 Å². The van der Waals surface area contributed by atoms with Crippen molar-refractivity contribution >= 4 is 33.2 Å². The number of pyridine rings is 1. The van der Waals surface area contributed by atoms with Gasteiger partial charge in [0.2, 0.25) is 0 Å². The fraction of sp³-hybridized carbons (Fsp3) is 0.286. The van der Waals surface area contributed by atoms with Gasteiger partial charge in [-0.2, -0.15) is 18.3 Å². The summed E-state index contributed by atoms with van der Waals surface area (Å²) in [6.45, 7) is 1.33. The molecule has 0 saturated carbocycles. The van der Waals surface area contributed by atoms with Crippen LogP contribution in [-0.4, -0.2) is 52.1 Å². The molecule has 1 fully saturated rings. The zero-order chi connectivity index (χ0) is 24.8. The number of anilines is 1. The Kier molecular flexibility index (Phi) is 6.06. The minimum Gasteiger partial charge on any atom is -0.480 e. The van der Waals surface area contributed by atoms with Crippen LogP contribution in [0, 0.1) is 6.92 Å². The lowest BCUT2D eigenvalue weighted by atomic mass is 10.2. The van der Waals surface area contributed by atoms with Gasteiger partial charge >= 0.3 is 12.1 Å². The molecule has 1 N–H and O–H groups in total. The Morgan fingerprint density at radius 1 is 1.21 bits per heavy atom. The van der Waals surface area contributed by atoms with Crippen LogP contribution in [0.1, 0.15) is 17.7 Å². The molecule has 0 aliphatic carbocycles. The zero-order valence-electron chi connectivity index (χ0n) is 17.6. The zero-order valence-corrected chi connectivity index (χ0v) is 19.1. The molecule has 1 aliphatic heterocycles. The summed E-state index contributed by atoms with van der Waals surface area (Å²) in [4.78, 5) is 16.4. The van der Waals surface area contributed by atoms with Crippen LogP contribution in [0.15, 0.2) is 53.6 Å². The summed E-state index contributed by atoms with van der Waals surface area (Å²) in [5, 5.41) is 12.9. The number of hydrogen-bond donors (Lipinski definition) is 1. The first-order valence-corrected chi connectivity index (χ1v) is 11.9. The molecule has 0 bridgehead atoms. The van der Waals surface area contributed by atoms with Gasteiger partial charge in [0.25, 0.3) is 0 Å². The normalized spacial score (nSPS) is 18.9. The monoisotopic (exact) mass is 514 g/mol. The van der Waals surface area contributed by atoms with Crippen molar-refractivity contribution < 1.29 is 31.5 Å². The highest BCUT2D eigenvalue weighted by Crippen LogP contribution is 2.39. The minimum atomic E-state index is -4.88. The fourth-order valence-electron chi connectivity index (χ4n) is 4.04. The Morgan fingerprint density at radius 2 is 1.91 bits per heavy atom. The molecule has 34 heavy (non-hydrogen) atoms. The van der Waals surface area contributed by atoms with Gasteiger partial charge in [-0.05, 0) is 31.5 Å². The number of halogens is 4. The third-order valence-electron chi connectivity index (χ3n) is 5.55. The average Bonchev–Trinajstić information content (AvgIpc) is 3.37. The lowest BCUT2D eigenvalue weighted by Crippen LogP contribution is -2.37. The van der Waals surface area contributed by atoms with Gasteiger partial charge in [0.1, 0.15) is 17.0 Å². The first-order valence-electron chi connectivity index (χ1n) is 9.97. The van der Waals surface area contributed by atoms with Crippen molar-refractivity contribution in [2.75, 3.05) is 11.4 Å². The standard InChI is InChI=1S/C21H18ClF3N4O4S/c1-12-8-19(29(27-12)13-6-7-26-18(22)9-13)28-11-14(10-16(28)20(30)31)34(32,33)17-5-3-2-4-15(17)21(23,24)25/h2-9,14,16H,10-11H2,1H3,(H,30,31). The van der Waals surface area contributed by atoms with Crippen molar-refractivity contribution in [3.63, 3.8) is 0 Å². The van der Waals surface area contributed by atoms with Crippen LogP contribution in [-0.2, 0) is 20.8 Å². The lowest BCUT2D eigenvalue weighted by Gasteiger charge is -2.24. The Hall–Kier alpha value is -3.12. The molecule has 8 nitrogen and oxygen atoms in total. The van der Waals surface area contributed by atoms with Gasteiger partial charge in [-0.15, -0.1) is 0 Å². The first kappa shape index (κ1) is 24.0. The number of carboxylic acid groups (broad SMARTS) is 1. The second-order valence-corrected chi connectivity index (χ2v) is 10.4. The molecule has 0 spiro atoms. The number of carbonyl (C=O) groups is 1. The van der Waals surface area contributed by atoms with Crippen LogP contribution in [0.3, 0.4) is 0 Å². The average molecular weight is 515 g/mol. The molecule has 0 radical (unpaired) electrons. The van der Waals surface area contributed by atoms with E-state index < -0.39 is 50.2 Å². The van der Waals surface area contributed by atoms with Crippen molar-refractivity contribution in [2.24, 2.45) is 0 Å². The Balaban J connectivity index is 1.77. The van der Waals surface area contributed by atoms with Crippen molar-refractivity contribution in [3.05, 3.63) is 65.1 Å². The van der Waals surface area contributed by atoms with E-state index in [-0.39, 0.29) is 17.5 Å². The highest BCUT2D eigenvalue weighted by atomic mass is 35.5. The number of nitrogens with zero attached hydrogens (tertiary/aromatic N) is 4. The van der Waals surface area contributed by atoms with E-state index in [4.69, 9.17) is 11.6 Å². The number of carboxylic acids is 1. The van der Waals surface area contributed by atoms with Gasteiger partial charge in [0, 0.05) is 24.9 Å². The van der Waals surface area contributed by atoms with Crippen LogP contribution in [0.2, 0.25) is 5.15 Å². The van der Waals surface area contributed by atoms with Crippen molar-refractivity contribution in [2.45, 2.75) is 35.7 Å². The second kappa shape index (κ2) is 8.58. The van der Waals surface area contributed by atoms with Gasteiger partial charge in [0.15, 0.2) is 9.84 Å². The van der Waals surface area contributed by atoms with Crippen molar-refractivity contribution in [1.29, 1.82) is 0 Å². The van der Waals surface area contributed by atoms with Crippen LogP contribution in [0.25, 0.3) is 5.69 Å².